The molecule has 0 unspecified atom stereocenters. The predicted molar refractivity (Wildman–Crippen MR) is 86.1 cm³/mol. The third-order valence-electron chi connectivity index (χ3n) is 2.76. The van der Waals surface area contributed by atoms with E-state index in [4.69, 9.17) is 9.47 Å². The van der Waals surface area contributed by atoms with Crippen molar-refractivity contribution in [1.82, 2.24) is 5.32 Å². The van der Waals surface area contributed by atoms with Gasteiger partial charge in [-0.25, -0.2) is 4.79 Å². The molecule has 0 saturated heterocycles. The number of hydrogen-bond acceptors (Lipinski definition) is 3. The van der Waals surface area contributed by atoms with Gasteiger partial charge in [-0.2, -0.15) is 0 Å². The molecule has 0 spiro atoms. The second-order valence-electron chi connectivity index (χ2n) is 6.01. The SMILES string of the molecule is CC(C)(C)NC(=O)Oc1ccc(OCc2ccccc2)cc1. The Hall–Kier alpha value is -2.49. The Morgan fingerprint density at radius 3 is 2.14 bits per heavy atom. The normalized spacial score (nSPS) is 10.9. The van der Waals surface area contributed by atoms with Gasteiger partial charge < -0.3 is 14.8 Å². The van der Waals surface area contributed by atoms with Gasteiger partial charge in [0.15, 0.2) is 0 Å². The maximum absolute atomic E-state index is 11.7. The van der Waals surface area contributed by atoms with Crippen LogP contribution in [-0.4, -0.2) is 11.6 Å². The molecular weight excluding hydrogens is 278 g/mol. The van der Waals surface area contributed by atoms with Crippen molar-refractivity contribution in [3.8, 4) is 11.5 Å². The van der Waals surface area contributed by atoms with E-state index in [-0.39, 0.29) is 5.54 Å². The number of hydrogen-bond donors (Lipinski definition) is 1. The fraction of sp³-hybridized carbons (Fsp3) is 0.278. The highest BCUT2D eigenvalue weighted by Crippen LogP contribution is 2.19. The van der Waals surface area contributed by atoms with Crippen LogP contribution in [0.15, 0.2) is 54.6 Å². The van der Waals surface area contributed by atoms with Crippen LogP contribution in [0.4, 0.5) is 4.79 Å². The predicted octanol–water partition coefficient (Wildman–Crippen LogP) is 4.15. The lowest BCUT2D eigenvalue weighted by molar-refractivity contribution is 0.190. The fourth-order valence-corrected chi connectivity index (χ4v) is 1.78. The average Bonchev–Trinajstić information content (AvgIpc) is 2.45. The average molecular weight is 299 g/mol. The highest BCUT2D eigenvalue weighted by Gasteiger charge is 2.15. The molecule has 22 heavy (non-hydrogen) atoms. The summed E-state index contributed by atoms with van der Waals surface area (Å²) in [6, 6.07) is 16.9. The van der Waals surface area contributed by atoms with Gasteiger partial charge in [-0.3, -0.25) is 0 Å². The van der Waals surface area contributed by atoms with Gasteiger partial charge in [-0.05, 0) is 50.6 Å². The third-order valence-corrected chi connectivity index (χ3v) is 2.76. The largest absolute Gasteiger partial charge is 0.489 e. The summed E-state index contributed by atoms with van der Waals surface area (Å²) in [4.78, 5) is 11.7. The second kappa shape index (κ2) is 6.98. The molecule has 4 nitrogen and oxygen atoms in total. The first-order chi connectivity index (χ1) is 10.4. The van der Waals surface area contributed by atoms with E-state index >= 15 is 0 Å². The first-order valence-electron chi connectivity index (χ1n) is 7.19. The van der Waals surface area contributed by atoms with Gasteiger partial charge in [0.2, 0.25) is 0 Å². The van der Waals surface area contributed by atoms with Gasteiger partial charge in [-0.15, -0.1) is 0 Å². The highest BCUT2D eigenvalue weighted by molar-refractivity contribution is 5.71. The van der Waals surface area contributed by atoms with Crippen molar-refractivity contribution in [2.45, 2.75) is 32.9 Å². The van der Waals surface area contributed by atoms with Crippen molar-refractivity contribution in [3.05, 3.63) is 60.2 Å². The van der Waals surface area contributed by atoms with E-state index in [0.717, 1.165) is 11.3 Å². The summed E-state index contributed by atoms with van der Waals surface area (Å²) in [6.07, 6.45) is -0.467. The molecule has 0 bridgehead atoms. The summed E-state index contributed by atoms with van der Waals surface area (Å²) in [7, 11) is 0. The quantitative estimate of drug-likeness (QED) is 0.922. The minimum absolute atomic E-state index is 0.324. The van der Waals surface area contributed by atoms with Crippen LogP contribution in [0.5, 0.6) is 11.5 Å². The molecule has 0 radical (unpaired) electrons. The van der Waals surface area contributed by atoms with E-state index in [2.05, 4.69) is 5.32 Å². The van der Waals surface area contributed by atoms with Gasteiger partial charge in [-0.1, -0.05) is 30.3 Å². The molecule has 0 aliphatic carbocycles. The standard InChI is InChI=1S/C18H21NO3/c1-18(2,3)19-17(20)22-16-11-9-15(10-12-16)21-13-14-7-5-4-6-8-14/h4-12H,13H2,1-3H3,(H,19,20). The zero-order valence-electron chi connectivity index (χ0n) is 13.1. The summed E-state index contributed by atoms with van der Waals surface area (Å²) in [6.45, 7) is 6.20. The van der Waals surface area contributed by atoms with E-state index < -0.39 is 6.09 Å². The maximum Gasteiger partial charge on any atom is 0.413 e. The minimum Gasteiger partial charge on any atom is -0.489 e. The Balaban J connectivity index is 1.86. The Morgan fingerprint density at radius 2 is 1.55 bits per heavy atom. The van der Waals surface area contributed by atoms with Crippen molar-refractivity contribution in [3.63, 3.8) is 0 Å². The zero-order valence-corrected chi connectivity index (χ0v) is 13.1. The van der Waals surface area contributed by atoms with E-state index in [1.54, 1.807) is 24.3 Å². The van der Waals surface area contributed by atoms with Crippen LogP contribution in [0.25, 0.3) is 0 Å². The molecule has 0 atom stereocenters. The Bertz CT molecular complexity index is 600. The number of nitrogens with one attached hydrogen (secondary N) is 1. The lowest BCUT2D eigenvalue weighted by Crippen LogP contribution is -2.42. The molecule has 1 N–H and O–H groups in total. The number of ether oxygens (including phenoxy) is 2. The van der Waals surface area contributed by atoms with Crippen molar-refractivity contribution >= 4 is 6.09 Å². The number of carbonyl (C=O) groups is 1. The van der Waals surface area contributed by atoms with Crippen molar-refractivity contribution in [1.29, 1.82) is 0 Å². The number of benzene rings is 2. The van der Waals surface area contributed by atoms with Gasteiger partial charge in [0.05, 0.1) is 0 Å². The lowest BCUT2D eigenvalue weighted by Gasteiger charge is -2.19. The monoisotopic (exact) mass is 299 g/mol. The lowest BCUT2D eigenvalue weighted by atomic mass is 10.1. The fourth-order valence-electron chi connectivity index (χ4n) is 1.78. The summed E-state index contributed by atoms with van der Waals surface area (Å²) >= 11 is 0. The molecule has 0 heterocycles. The minimum atomic E-state index is -0.467. The van der Waals surface area contributed by atoms with Crippen LogP contribution < -0.4 is 14.8 Å². The van der Waals surface area contributed by atoms with Gasteiger partial charge in [0.25, 0.3) is 0 Å². The Labute approximate surface area is 131 Å². The molecule has 116 valence electrons. The summed E-state index contributed by atoms with van der Waals surface area (Å²) in [5.41, 5.74) is 0.780. The third kappa shape index (κ3) is 5.48. The van der Waals surface area contributed by atoms with E-state index in [1.807, 2.05) is 51.1 Å². The molecule has 4 heteroatoms. The Morgan fingerprint density at radius 1 is 0.955 bits per heavy atom. The molecule has 0 saturated carbocycles. The van der Waals surface area contributed by atoms with Crippen LogP contribution in [-0.2, 0) is 6.61 Å². The van der Waals surface area contributed by atoms with Gasteiger partial charge >= 0.3 is 6.09 Å². The van der Waals surface area contributed by atoms with Gasteiger partial charge in [0, 0.05) is 5.54 Å². The number of carbonyl (C=O) groups excluding carboxylic acids is 1. The van der Waals surface area contributed by atoms with E-state index in [9.17, 15) is 4.79 Å². The molecule has 0 aliphatic heterocycles. The second-order valence-corrected chi connectivity index (χ2v) is 6.01. The van der Waals surface area contributed by atoms with Crippen LogP contribution in [0, 0.1) is 0 Å². The van der Waals surface area contributed by atoms with Crippen LogP contribution in [0.2, 0.25) is 0 Å². The molecule has 0 aliphatic rings. The van der Waals surface area contributed by atoms with Crippen molar-refractivity contribution in [2.24, 2.45) is 0 Å². The highest BCUT2D eigenvalue weighted by atomic mass is 16.6. The first kappa shape index (κ1) is 15.9. The molecular formula is C18H21NO3. The molecule has 0 fully saturated rings. The molecule has 2 aromatic rings. The van der Waals surface area contributed by atoms with Gasteiger partial charge in [0.1, 0.15) is 18.1 Å². The first-order valence-corrected chi connectivity index (χ1v) is 7.19. The molecule has 2 rings (SSSR count). The van der Waals surface area contributed by atoms with Crippen LogP contribution in [0.1, 0.15) is 26.3 Å². The van der Waals surface area contributed by atoms with Crippen LogP contribution >= 0.6 is 0 Å². The summed E-state index contributed by atoms with van der Waals surface area (Å²) in [5, 5.41) is 2.74. The van der Waals surface area contributed by atoms with Crippen LogP contribution in [0.3, 0.4) is 0 Å². The maximum atomic E-state index is 11.7. The summed E-state index contributed by atoms with van der Waals surface area (Å²) in [5.74, 6) is 1.21. The van der Waals surface area contributed by atoms with E-state index in [0.29, 0.717) is 12.4 Å². The number of rotatable bonds is 4. The molecule has 1 amide bonds. The molecule has 0 aromatic heterocycles. The Kier molecular flexibility index (Phi) is 5.04. The zero-order chi connectivity index (χ0) is 16.0. The van der Waals surface area contributed by atoms with Crippen molar-refractivity contribution < 1.29 is 14.3 Å². The molecule has 2 aromatic carbocycles. The van der Waals surface area contributed by atoms with Crippen molar-refractivity contribution in [2.75, 3.05) is 0 Å². The topological polar surface area (TPSA) is 47.6 Å². The number of amides is 1. The summed E-state index contributed by atoms with van der Waals surface area (Å²) < 4.78 is 10.9. The van der Waals surface area contributed by atoms with E-state index in [1.165, 1.54) is 0 Å². The smallest absolute Gasteiger partial charge is 0.413 e.